The Labute approximate surface area is 195 Å². The number of hydrogen-bond acceptors (Lipinski definition) is 9. The molecule has 0 spiro atoms. The zero-order valence-corrected chi connectivity index (χ0v) is 19.0. The molecular formula is C25H23N3O6. The van der Waals surface area contributed by atoms with Gasteiger partial charge in [0.2, 0.25) is 0 Å². The maximum atomic E-state index is 13.0. The molecule has 0 bridgehead atoms. The first kappa shape index (κ1) is 21.6. The molecule has 0 saturated carbocycles. The predicted molar refractivity (Wildman–Crippen MR) is 123 cm³/mol. The van der Waals surface area contributed by atoms with Crippen LogP contribution in [0.5, 0.6) is 5.75 Å². The summed E-state index contributed by atoms with van der Waals surface area (Å²) in [5.74, 6) is -1.48. The van der Waals surface area contributed by atoms with Crippen LogP contribution in [0.25, 0.3) is 11.3 Å². The summed E-state index contributed by atoms with van der Waals surface area (Å²) in [4.78, 5) is 31.8. The van der Waals surface area contributed by atoms with E-state index in [2.05, 4.69) is 10.3 Å². The van der Waals surface area contributed by atoms with Gasteiger partial charge in [0.1, 0.15) is 11.6 Å². The number of nitrogens with one attached hydrogen (secondary N) is 1. The Bertz CT molecular complexity index is 1270. The van der Waals surface area contributed by atoms with Gasteiger partial charge >= 0.3 is 11.9 Å². The van der Waals surface area contributed by atoms with Crippen molar-refractivity contribution in [2.24, 2.45) is 0 Å². The second-order valence-electron chi connectivity index (χ2n) is 8.34. The number of ether oxygens (including phenoxy) is 3. The lowest BCUT2D eigenvalue weighted by molar-refractivity contribution is -0.222. The molecule has 1 aromatic heterocycles. The van der Waals surface area contributed by atoms with E-state index in [9.17, 15) is 9.59 Å². The van der Waals surface area contributed by atoms with Crippen molar-refractivity contribution in [3.63, 3.8) is 0 Å². The topological polar surface area (TPSA) is 103 Å². The van der Waals surface area contributed by atoms with E-state index >= 15 is 0 Å². The summed E-state index contributed by atoms with van der Waals surface area (Å²) < 4.78 is 21.7. The van der Waals surface area contributed by atoms with Crippen LogP contribution >= 0.6 is 0 Å². The van der Waals surface area contributed by atoms with Crippen LogP contribution in [0.1, 0.15) is 19.4 Å². The second-order valence-corrected chi connectivity index (χ2v) is 8.34. The Morgan fingerprint density at radius 2 is 1.88 bits per heavy atom. The minimum absolute atomic E-state index is 0.200. The fourth-order valence-corrected chi connectivity index (χ4v) is 4.14. The summed E-state index contributed by atoms with van der Waals surface area (Å²) in [6.45, 7) is 3.61. The molecule has 34 heavy (non-hydrogen) atoms. The third kappa shape index (κ3) is 3.85. The van der Waals surface area contributed by atoms with Gasteiger partial charge in [-0.2, -0.15) is 0 Å². The van der Waals surface area contributed by atoms with Crippen molar-refractivity contribution in [1.29, 1.82) is 0 Å². The lowest BCUT2D eigenvalue weighted by Crippen LogP contribution is -2.44. The molecule has 5 rings (SSSR count). The lowest BCUT2D eigenvalue weighted by atomic mass is 10.1. The van der Waals surface area contributed by atoms with E-state index in [0.29, 0.717) is 29.3 Å². The number of fused-ring (bicyclic) bond motifs is 1. The van der Waals surface area contributed by atoms with E-state index in [1.165, 1.54) is 20.2 Å². The van der Waals surface area contributed by atoms with Crippen molar-refractivity contribution in [3.8, 4) is 17.1 Å². The van der Waals surface area contributed by atoms with Crippen molar-refractivity contribution in [2.75, 3.05) is 23.9 Å². The predicted octanol–water partition coefficient (Wildman–Crippen LogP) is 3.87. The first-order valence-electron chi connectivity index (χ1n) is 10.8. The summed E-state index contributed by atoms with van der Waals surface area (Å²) in [5.41, 5.74) is 3.11. The fourth-order valence-electron chi connectivity index (χ4n) is 4.14. The number of para-hydroxylation sites is 1. The number of anilines is 2. The number of carbonyl (C=O) groups excluding carboxylic acids is 2. The first-order valence-corrected chi connectivity index (χ1v) is 10.8. The number of hydrogen-bond donors (Lipinski definition) is 1. The summed E-state index contributed by atoms with van der Waals surface area (Å²) in [6.07, 6.45) is 3.70. The van der Waals surface area contributed by atoms with Gasteiger partial charge in [-0.3, -0.25) is 0 Å². The Balaban J connectivity index is 1.59. The average Bonchev–Trinajstić information content (AvgIpc) is 3.47. The Kier molecular flexibility index (Phi) is 5.24. The number of benzene rings is 2. The van der Waals surface area contributed by atoms with Gasteiger partial charge in [-0.1, -0.05) is 18.2 Å². The molecule has 2 aliphatic heterocycles. The molecule has 9 nitrogen and oxygen atoms in total. The summed E-state index contributed by atoms with van der Waals surface area (Å²) in [6, 6.07) is 13.2. The summed E-state index contributed by atoms with van der Waals surface area (Å²) in [5, 5.41) is 3.24. The van der Waals surface area contributed by atoms with E-state index in [-0.39, 0.29) is 11.4 Å². The fraction of sp³-hybridized carbons (Fsp3) is 0.240. The van der Waals surface area contributed by atoms with Crippen molar-refractivity contribution in [1.82, 2.24) is 4.98 Å². The van der Waals surface area contributed by atoms with Gasteiger partial charge in [-0.05, 0) is 30.2 Å². The highest BCUT2D eigenvalue weighted by atomic mass is 16.7. The molecule has 1 saturated heterocycles. The van der Waals surface area contributed by atoms with Crippen molar-refractivity contribution in [2.45, 2.75) is 26.1 Å². The molecule has 0 radical (unpaired) electrons. The molecule has 174 valence electrons. The number of esters is 2. The minimum Gasteiger partial charge on any atom is -0.496 e. The average molecular weight is 461 g/mol. The van der Waals surface area contributed by atoms with Gasteiger partial charge in [-0.25, -0.2) is 14.6 Å². The van der Waals surface area contributed by atoms with Crippen LogP contribution in [0, 0.1) is 0 Å². The van der Waals surface area contributed by atoms with Crippen LogP contribution in [0.15, 0.2) is 70.9 Å². The molecular weight excluding hydrogens is 438 g/mol. The normalized spacial score (nSPS) is 16.6. The van der Waals surface area contributed by atoms with Crippen molar-refractivity contribution in [3.05, 3.63) is 72.0 Å². The number of rotatable bonds is 5. The van der Waals surface area contributed by atoms with Gasteiger partial charge in [0.15, 0.2) is 17.7 Å². The van der Waals surface area contributed by atoms with Crippen LogP contribution in [0.3, 0.4) is 0 Å². The van der Waals surface area contributed by atoms with E-state index in [1.54, 1.807) is 25.4 Å². The number of aromatic nitrogens is 1. The Morgan fingerprint density at radius 1 is 1.12 bits per heavy atom. The standard InChI is InChI=1S/C25H23N3O6/c1-25(2)33-23(29)21(24(30)34-25)22(28-11-10-15-6-4-5-7-18(15)28)27-16-8-9-17(19(12-16)31-3)20-13-26-14-32-20/h4-9,12-14,27H,10-11H2,1-3H3. The molecule has 2 aliphatic rings. The van der Waals surface area contributed by atoms with Gasteiger partial charge in [-0.15, -0.1) is 0 Å². The van der Waals surface area contributed by atoms with Crippen LogP contribution in [-0.4, -0.2) is 36.4 Å². The second kappa shape index (κ2) is 8.26. The quantitative estimate of drug-likeness (QED) is 0.344. The smallest absolute Gasteiger partial charge is 0.352 e. The zero-order valence-electron chi connectivity index (χ0n) is 19.0. The zero-order chi connectivity index (χ0) is 23.9. The molecule has 0 aliphatic carbocycles. The third-order valence-electron chi connectivity index (χ3n) is 5.64. The lowest BCUT2D eigenvalue weighted by Gasteiger charge is -2.33. The molecule has 2 aromatic carbocycles. The van der Waals surface area contributed by atoms with E-state index in [0.717, 1.165) is 17.7 Å². The van der Waals surface area contributed by atoms with E-state index in [1.807, 2.05) is 35.2 Å². The third-order valence-corrected chi connectivity index (χ3v) is 5.64. The van der Waals surface area contributed by atoms with Crippen LogP contribution in [0.4, 0.5) is 11.4 Å². The van der Waals surface area contributed by atoms with Gasteiger partial charge in [0.05, 0.1) is 18.9 Å². The largest absolute Gasteiger partial charge is 0.496 e. The van der Waals surface area contributed by atoms with Crippen LogP contribution in [0.2, 0.25) is 0 Å². The van der Waals surface area contributed by atoms with Gasteiger partial charge in [0.25, 0.3) is 5.79 Å². The molecule has 0 atom stereocenters. The summed E-state index contributed by atoms with van der Waals surface area (Å²) in [7, 11) is 1.55. The van der Waals surface area contributed by atoms with Gasteiger partial charge < -0.3 is 28.8 Å². The number of carbonyl (C=O) groups is 2. The van der Waals surface area contributed by atoms with Gasteiger partial charge in [0, 0.05) is 37.8 Å². The maximum absolute atomic E-state index is 13.0. The molecule has 1 N–H and O–H groups in total. The highest BCUT2D eigenvalue weighted by Crippen LogP contribution is 2.37. The Morgan fingerprint density at radius 3 is 2.59 bits per heavy atom. The molecule has 3 aromatic rings. The van der Waals surface area contributed by atoms with Crippen molar-refractivity contribution < 1.29 is 28.2 Å². The minimum atomic E-state index is -1.34. The maximum Gasteiger partial charge on any atom is 0.352 e. The monoisotopic (exact) mass is 461 g/mol. The van der Waals surface area contributed by atoms with Crippen LogP contribution in [-0.2, 0) is 25.5 Å². The Hall–Kier alpha value is -4.27. The molecule has 9 heteroatoms. The number of cyclic esters (lactones) is 2. The number of oxazole rings is 1. The first-order chi connectivity index (χ1) is 16.4. The van der Waals surface area contributed by atoms with Crippen molar-refractivity contribution >= 4 is 23.3 Å². The van der Waals surface area contributed by atoms with Crippen LogP contribution < -0.4 is 15.0 Å². The van der Waals surface area contributed by atoms with E-state index < -0.39 is 17.7 Å². The van der Waals surface area contributed by atoms with E-state index in [4.69, 9.17) is 18.6 Å². The summed E-state index contributed by atoms with van der Waals surface area (Å²) >= 11 is 0. The molecule has 1 fully saturated rings. The molecule has 0 unspecified atom stereocenters. The number of nitrogens with zero attached hydrogens (tertiary/aromatic N) is 2. The highest BCUT2D eigenvalue weighted by Gasteiger charge is 2.43. The molecule has 3 heterocycles. The number of methoxy groups -OCH3 is 1. The SMILES string of the molecule is COc1cc(NC(=C2C(=O)OC(C)(C)OC2=O)N2CCc3ccccc32)ccc1-c1cnco1. The molecule has 0 amide bonds. The highest BCUT2D eigenvalue weighted by molar-refractivity contribution is 6.16.